The van der Waals surface area contributed by atoms with Crippen LogP contribution in [0.4, 0.5) is 5.82 Å². The fraction of sp³-hybridized carbons (Fsp3) is 0.500. The summed E-state index contributed by atoms with van der Waals surface area (Å²) >= 11 is 0. The van der Waals surface area contributed by atoms with Gasteiger partial charge in [-0.05, 0) is 12.8 Å². The summed E-state index contributed by atoms with van der Waals surface area (Å²) in [6.07, 6.45) is 1.64. The van der Waals surface area contributed by atoms with E-state index >= 15 is 0 Å². The number of hydrogen-bond donors (Lipinski definition) is 4. The first-order valence-electron chi connectivity index (χ1n) is 4.39. The standard InChI is InChI=1S/C8H12N4O2/c9-6-3-5(11-12-6)7(14)10-8(4-13)1-2-8/h3,13H,1-2,4H2,(H,10,14)(H3,9,11,12). The third-order valence-corrected chi connectivity index (χ3v) is 2.38. The van der Waals surface area contributed by atoms with Crippen LogP contribution in [0.5, 0.6) is 0 Å². The maximum absolute atomic E-state index is 11.5. The first kappa shape index (κ1) is 9.01. The van der Waals surface area contributed by atoms with E-state index in [0.29, 0.717) is 5.69 Å². The quantitative estimate of drug-likeness (QED) is 0.510. The average molecular weight is 196 g/mol. The van der Waals surface area contributed by atoms with Gasteiger partial charge < -0.3 is 16.2 Å². The predicted octanol–water partition coefficient (Wildman–Crippen LogP) is -0.753. The Morgan fingerprint density at radius 1 is 1.79 bits per heavy atom. The van der Waals surface area contributed by atoms with Gasteiger partial charge in [-0.2, -0.15) is 5.10 Å². The van der Waals surface area contributed by atoms with Crippen LogP contribution in [0.1, 0.15) is 23.3 Å². The van der Waals surface area contributed by atoms with Gasteiger partial charge in [-0.25, -0.2) is 0 Å². The minimum Gasteiger partial charge on any atom is -0.394 e. The Hall–Kier alpha value is -1.56. The van der Waals surface area contributed by atoms with Crippen LogP contribution in [0.3, 0.4) is 0 Å². The van der Waals surface area contributed by atoms with Crippen molar-refractivity contribution in [2.24, 2.45) is 0 Å². The maximum atomic E-state index is 11.5. The van der Waals surface area contributed by atoms with Crippen molar-refractivity contribution in [3.05, 3.63) is 11.8 Å². The van der Waals surface area contributed by atoms with E-state index < -0.39 is 5.54 Å². The van der Waals surface area contributed by atoms with E-state index in [4.69, 9.17) is 10.8 Å². The number of anilines is 1. The zero-order valence-corrected chi connectivity index (χ0v) is 7.58. The van der Waals surface area contributed by atoms with Gasteiger partial charge in [0.1, 0.15) is 11.5 Å². The fourth-order valence-corrected chi connectivity index (χ4v) is 1.24. The largest absolute Gasteiger partial charge is 0.394 e. The lowest BCUT2D eigenvalue weighted by molar-refractivity contribution is 0.0901. The number of H-pyrrole nitrogens is 1. The zero-order valence-electron chi connectivity index (χ0n) is 7.58. The number of aromatic amines is 1. The van der Waals surface area contributed by atoms with E-state index in [1.165, 1.54) is 6.07 Å². The van der Waals surface area contributed by atoms with Crippen LogP contribution in [-0.4, -0.2) is 33.4 Å². The molecule has 5 N–H and O–H groups in total. The average Bonchev–Trinajstić information content (AvgIpc) is 2.80. The van der Waals surface area contributed by atoms with Gasteiger partial charge in [0.2, 0.25) is 0 Å². The van der Waals surface area contributed by atoms with Crippen molar-refractivity contribution < 1.29 is 9.90 Å². The summed E-state index contributed by atoms with van der Waals surface area (Å²) in [6, 6.07) is 1.46. The van der Waals surface area contributed by atoms with E-state index in [-0.39, 0.29) is 18.3 Å². The number of amides is 1. The molecule has 0 aliphatic heterocycles. The molecule has 0 aromatic carbocycles. The molecule has 1 aromatic heterocycles. The molecule has 1 saturated carbocycles. The lowest BCUT2D eigenvalue weighted by atomic mass is 10.2. The van der Waals surface area contributed by atoms with Gasteiger partial charge in [0.05, 0.1) is 12.1 Å². The number of rotatable bonds is 3. The zero-order chi connectivity index (χ0) is 10.2. The van der Waals surface area contributed by atoms with Crippen molar-refractivity contribution >= 4 is 11.7 Å². The monoisotopic (exact) mass is 196 g/mol. The molecule has 0 radical (unpaired) electrons. The number of aliphatic hydroxyl groups excluding tert-OH is 1. The van der Waals surface area contributed by atoms with Crippen molar-refractivity contribution in [2.75, 3.05) is 12.3 Å². The van der Waals surface area contributed by atoms with Crippen LogP contribution in [0, 0.1) is 0 Å². The van der Waals surface area contributed by atoms with Crippen molar-refractivity contribution in [1.29, 1.82) is 0 Å². The Labute approximate surface area is 80.5 Å². The molecule has 1 fully saturated rings. The number of nitrogens with one attached hydrogen (secondary N) is 2. The van der Waals surface area contributed by atoms with E-state index in [0.717, 1.165) is 12.8 Å². The molecular weight excluding hydrogens is 184 g/mol. The summed E-state index contributed by atoms with van der Waals surface area (Å²) in [5, 5.41) is 17.9. The molecule has 6 nitrogen and oxygen atoms in total. The fourth-order valence-electron chi connectivity index (χ4n) is 1.24. The molecule has 6 heteroatoms. The molecule has 0 bridgehead atoms. The summed E-state index contributed by atoms with van der Waals surface area (Å²) < 4.78 is 0. The molecule has 0 spiro atoms. The first-order chi connectivity index (χ1) is 6.65. The van der Waals surface area contributed by atoms with Crippen LogP contribution >= 0.6 is 0 Å². The molecule has 1 aromatic rings. The van der Waals surface area contributed by atoms with Gasteiger partial charge in [-0.3, -0.25) is 9.89 Å². The Balaban J connectivity index is 2.03. The third kappa shape index (κ3) is 1.56. The number of carbonyl (C=O) groups is 1. The molecule has 1 aliphatic rings. The highest BCUT2D eigenvalue weighted by Gasteiger charge is 2.43. The Morgan fingerprint density at radius 2 is 2.50 bits per heavy atom. The Bertz CT molecular complexity index is 356. The maximum Gasteiger partial charge on any atom is 0.269 e. The van der Waals surface area contributed by atoms with Crippen LogP contribution in [-0.2, 0) is 0 Å². The minimum atomic E-state index is -0.406. The Morgan fingerprint density at radius 3 is 2.93 bits per heavy atom. The molecule has 76 valence electrons. The molecule has 2 rings (SSSR count). The highest BCUT2D eigenvalue weighted by atomic mass is 16.3. The second-order valence-corrected chi connectivity index (χ2v) is 3.60. The van der Waals surface area contributed by atoms with Gasteiger partial charge in [-0.15, -0.1) is 0 Å². The number of aliphatic hydroxyl groups is 1. The summed E-state index contributed by atoms with van der Waals surface area (Å²) in [4.78, 5) is 11.5. The first-order valence-corrected chi connectivity index (χ1v) is 4.39. The van der Waals surface area contributed by atoms with E-state index in [1.54, 1.807) is 0 Å². The SMILES string of the molecule is Nc1cc(C(=O)NC2(CO)CC2)[nH]n1. The third-order valence-electron chi connectivity index (χ3n) is 2.38. The smallest absolute Gasteiger partial charge is 0.269 e. The van der Waals surface area contributed by atoms with Gasteiger partial charge in [-0.1, -0.05) is 0 Å². The van der Waals surface area contributed by atoms with Gasteiger partial charge in [0, 0.05) is 6.07 Å². The molecule has 0 unspecified atom stereocenters. The molecule has 0 atom stereocenters. The Kier molecular flexibility index (Phi) is 1.92. The second-order valence-electron chi connectivity index (χ2n) is 3.60. The van der Waals surface area contributed by atoms with Crippen LogP contribution in [0.15, 0.2) is 6.07 Å². The molecule has 1 aliphatic carbocycles. The highest BCUT2D eigenvalue weighted by molar-refractivity contribution is 5.93. The topological polar surface area (TPSA) is 104 Å². The summed E-state index contributed by atoms with van der Waals surface area (Å²) in [5.74, 6) is 0.00439. The summed E-state index contributed by atoms with van der Waals surface area (Å²) in [5.41, 5.74) is 5.27. The molecule has 14 heavy (non-hydrogen) atoms. The highest BCUT2D eigenvalue weighted by Crippen LogP contribution is 2.34. The van der Waals surface area contributed by atoms with Crippen molar-refractivity contribution in [2.45, 2.75) is 18.4 Å². The number of aromatic nitrogens is 2. The number of nitrogen functional groups attached to an aromatic ring is 1. The lowest BCUT2D eigenvalue weighted by Gasteiger charge is -2.12. The summed E-state index contributed by atoms with van der Waals surface area (Å²) in [6.45, 7) is -0.0254. The van der Waals surface area contributed by atoms with Gasteiger partial charge in [0.25, 0.3) is 5.91 Å². The molecule has 1 heterocycles. The van der Waals surface area contributed by atoms with E-state index in [2.05, 4.69) is 15.5 Å². The number of hydrogen-bond acceptors (Lipinski definition) is 4. The summed E-state index contributed by atoms with van der Waals surface area (Å²) in [7, 11) is 0. The molecular formula is C8H12N4O2. The van der Waals surface area contributed by atoms with Crippen molar-refractivity contribution in [1.82, 2.24) is 15.5 Å². The van der Waals surface area contributed by atoms with Crippen LogP contribution < -0.4 is 11.1 Å². The van der Waals surface area contributed by atoms with Gasteiger partial charge >= 0.3 is 0 Å². The van der Waals surface area contributed by atoms with Crippen LogP contribution in [0.2, 0.25) is 0 Å². The van der Waals surface area contributed by atoms with E-state index in [9.17, 15) is 4.79 Å². The van der Waals surface area contributed by atoms with E-state index in [1.807, 2.05) is 0 Å². The normalized spacial score (nSPS) is 17.8. The number of carbonyl (C=O) groups excluding carboxylic acids is 1. The minimum absolute atomic E-state index is 0.0254. The van der Waals surface area contributed by atoms with Crippen LogP contribution in [0.25, 0.3) is 0 Å². The van der Waals surface area contributed by atoms with Crippen molar-refractivity contribution in [3.8, 4) is 0 Å². The number of nitrogens with two attached hydrogens (primary N) is 1. The van der Waals surface area contributed by atoms with Crippen molar-refractivity contribution in [3.63, 3.8) is 0 Å². The molecule has 1 amide bonds. The lowest BCUT2D eigenvalue weighted by Crippen LogP contribution is -2.39. The number of nitrogens with zero attached hydrogens (tertiary/aromatic N) is 1. The molecule has 0 saturated heterocycles. The second kappa shape index (κ2) is 2.98. The van der Waals surface area contributed by atoms with Gasteiger partial charge in [0.15, 0.2) is 0 Å². The predicted molar refractivity (Wildman–Crippen MR) is 49.5 cm³/mol.